The molecule has 2 heterocycles. The van der Waals surface area contributed by atoms with Crippen molar-refractivity contribution in [2.24, 2.45) is 0 Å². The first-order valence-corrected chi connectivity index (χ1v) is 8.88. The number of thiazole rings is 1. The smallest absolute Gasteiger partial charge is 0.239 e. The van der Waals surface area contributed by atoms with Crippen molar-refractivity contribution in [1.29, 1.82) is 0 Å². The zero-order valence-electron chi connectivity index (χ0n) is 13.6. The van der Waals surface area contributed by atoms with Crippen molar-refractivity contribution >= 4 is 27.5 Å². The van der Waals surface area contributed by atoms with E-state index in [9.17, 15) is 9.90 Å². The van der Waals surface area contributed by atoms with Gasteiger partial charge in [0.05, 0.1) is 28.9 Å². The van der Waals surface area contributed by atoms with Crippen molar-refractivity contribution < 1.29 is 9.90 Å². The van der Waals surface area contributed by atoms with E-state index in [0.29, 0.717) is 6.54 Å². The van der Waals surface area contributed by atoms with Gasteiger partial charge in [0.2, 0.25) is 5.91 Å². The highest BCUT2D eigenvalue weighted by molar-refractivity contribution is 7.18. The summed E-state index contributed by atoms with van der Waals surface area (Å²) in [5.74, 6) is 0.112. The first kappa shape index (κ1) is 16.4. The minimum absolute atomic E-state index is 0.112. The summed E-state index contributed by atoms with van der Waals surface area (Å²) in [5.41, 5.74) is 0.992. The van der Waals surface area contributed by atoms with Gasteiger partial charge in [-0.15, -0.1) is 11.3 Å². The molecular weight excluding hydrogens is 310 g/mol. The highest BCUT2D eigenvalue weighted by atomic mass is 32.1. The highest BCUT2D eigenvalue weighted by Crippen LogP contribution is 2.23. The molecular formula is C17H23N3O2S. The van der Waals surface area contributed by atoms with Crippen molar-refractivity contribution in [3.63, 3.8) is 0 Å². The van der Waals surface area contributed by atoms with Crippen molar-refractivity contribution in [3.05, 3.63) is 29.3 Å². The van der Waals surface area contributed by atoms with Crippen LogP contribution in [-0.4, -0.2) is 58.1 Å². The van der Waals surface area contributed by atoms with E-state index in [1.165, 1.54) is 0 Å². The lowest BCUT2D eigenvalue weighted by Gasteiger charge is -2.35. The maximum absolute atomic E-state index is 12.6. The van der Waals surface area contributed by atoms with Crippen LogP contribution in [0.1, 0.15) is 24.8 Å². The minimum Gasteiger partial charge on any atom is -0.393 e. The van der Waals surface area contributed by atoms with Crippen LogP contribution in [0, 0.1) is 0 Å². The lowest BCUT2D eigenvalue weighted by molar-refractivity contribution is -0.136. The largest absolute Gasteiger partial charge is 0.393 e. The number of likely N-dealkylation sites (N-methyl/N-ethyl adjacent to an activating group) is 1. The summed E-state index contributed by atoms with van der Waals surface area (Å²) in [7, 11) is 1.84. The number of nitrogens with zero attached hydrogens (tertiary/aromatic N) is 3. The Hall–Kier alpha value is -1.50. The summed E-state index contributed by atoms with van der Waals surface area (Å²) in [6.45, 7) is 4.06. The third kappa shape index (κ3) is 3.71. The zero-order chi connectivity index (χ0) is 16.4. The molecule has 23 heavy (non-hydrogen) atoms. The van der Waals surface area contributed by atoms with Gasteiger partial charge in [-0.3, -0.25) is 9.69 Å². The van der Waals surface area contributed by atoms with E-state index < -0.39 is 0 Å². The fourth-order valence-electron chi connectivity index (χ4n) is 3.02. The molecule has 2 aromatic rings. The monoisotopic (exact) mass is 333 g/mol. The Morgan fingerprint density at radius 3 is 2.83 bits per heavy atom. The average molecular weight is 333 g/mol. The molecule has 1 unspecified atom stereocenters. The molecule has 1 N–H and O–H groups in total. The third-order valence-corrected chi connectivity index (χ3v) is 5.51. The van der Waals surface area contributed by atoms with Gasteiger partial charge >= 0.3 is 0 Å². The molecule has 0 aliphatic carbocycles. The van der Waals surface area contributed by atoms with Crippen molar-refractivity contribution in [2.45, 2.75) is 38.5 Å². The molecule has 1 fully saturated rings. The van der Waals surface area contributed by atoms with Gasteiger partial charge in [-0.1, -0.05) is 12.1 Å². The summed E-state index contributed by atoms with van der Waals surface area (Å²) in [4.78, 5) is 21.2. The average Bonchev–Trinajstić information content (AvgIpc) is 2.96. The summed E-state index contributed by atoms with van der Waals surface area (Å²) in [5, 5.41) is 10.6. The molecule has 0 spiro atoms. The predicted octanol–water partition coefficient (Wildman–Crippen LogP) is 2.10. The van der Waals surface area contributed by atoms with Crippen LogP contribution < -0.4 is 0 Å². The first-order valence-electron chi connectivity index (χ1n) is 8.06. The van der Waals surface area contributed by atoms with Crippen LogP contribution >= 0.6 is 11.3 Å². The van der Waals surface area contributed by atoms with Gasteiger partial charge in [0.15, 0.2) is 0 Å². The van der Waals surface area contributed by atoms with Gasteiger partial charge in [0.1, 0.15) is 5.01 Å². The molecule has 3 rings (SSSR count). The van der Waals surface area contributed by atoms with Gasteiger partial charge in [-0.05, 0) is 31.9 Å². The van der Waals surface area contributed by atoms with Gasteiger partial charge < -0.3 is 10.0 Å². The first-order chi connectivity index (χ1) is 11.0. The van der Waals surface area contributed by atoms with Gasteiger partial charge in [-0.25, -0.2) is 4.98 Å². The Morgan fingerprint density at radius 1 is 1.43 bits per heavy atom. The number of fused-ring (bicyclic) bond motifs is 1. The molecule has 1 saturated heterocycles. The normalized spacial score (nSPS) is 18.2. The van der Waals surface area contributed by atoms with Crippen LogP contribution in [0.5, 0.6) is 0 Å². The second-order valence-corrected chi connectivity index (χ2v) is 7.33. The fourth-order valence-corrected chi connectivity index (χ4v) is 4.04. The lowest BCUT2D eigenvalue weighted by atomic mass is 10.1. The van der Waals surface area contributed by atoms with E-state index in [1.807, 2.05) is 32.2 Å². The third-order valence-electron chi connectivity index (χ3n) is 4.49. The number of rotatable bonds is 4. The lowest BCUT2D eigenvalue weighted by Crippen LogP contribution is -2.49. The van der Waals surface area contributed by atoms with Gasteiger partial charge in [0, 0.05) is 20.1 Å². The number of para-hydroxylation sites is 1. The van der Waals surface area contributed by atoms with Gasteiger partial charge in [0.25, 0.3) is 0 Å². The molecule has 124 valence electrons. The second-order valence-electron chi connectivity index (χ2n) is 6.21. The fraction of sp³-hybridized carbons (Fsp3) is 0.529. The van der Waals surface area contributed by atoms with Crippen LogP contribution in [0.4, 0.5) is 0 Å². The quantitative estimate of drug-likeness (QED) is 0.931. The molecule has 0 bridgehead atoms. The Bertz CT molecular complexity index is 646. The number of carbonyl (C=O) groups excluding carboxylic acids is 1. The molecule has 1 aliphatic heterocycles. The predicted molar refractivity (Wildman–Crippen MR) is 92.4 cm³/mol. The van der Waals surface area contributed by atoms with E-state index in [4.69, 9.17) is 0 Å². The van der Waals surface area contributed by atoms with Crippen LogP contribution in [0.2, 0.25) is 0 Å². The van der Waals surface area contributed by atoms with Crippen LogP contribution in [-0.2, 0) is 11.3 Å². The van der Waals surface area contributed by atoms with E-state index in [2.05, 4.69) is 16.0 Å². The molecule has 1 atom stereocenters. The number of amides is 1. The van der Waals surface area contributed by atoms with Crippen molar-refractivity contribution in [1.82, 2.24) is 14.8 Å². The van der Waals surface area contributed by atoms with E-state index in [0.717, 1.165) is 41.2 Å². The van der Waals surface area contributed by atoms with Crippen LogP contribution in [0.25, 0.3) is 10.2 Å². The van der Waals surface area contributed by atoms with Crippen molar-refractivity contribution in [3.8, 4) is 0 Å². The molecule has 6 heteroatoms. The minimum atomic E-state index is -0.214. The summed E-state index contributed by atoms with van der Waals surface area (Å²) in [6.07, 6.45) is 1.28. The van der Waals surface area contributed by atoms with E-state index in [-0.39, 0.29) is 18.1 Å². The van der Waals surface area contributed by atoms with E-state index in [1.54, 1.807) is 16.2 Å². The number of aliphatic hydroxyl groups excluding tert-OH is 1. The number of hydrogen-bond donors (Lipinski definition) is 1. The number of hydrogen-bond acceptors (Lipinski definition) is 5. The molecule has 0 radical (unpaired) electrons. The zero-order valence-corrected chi connectivity index (χ0v) is 14.4. The van der Waals surface area contributed by atoms with Crippen molar-refractivity contribution in [2.75, 3.05) is 20.1 Å². The summed E-state index contributed by atoms with van der Waals surface area (Å²) in [6, 6.07) is 7.89. The Kier molecular flexibility index (Phi) is 4.94. The number of benzene rings is 1. The summed E-state index contributed by atoms with van der Waals surface area (Å²) >= 11 is 1.64. The summed E-state index contributed by atoms with van der Waals surface area (Å²) < 4.78 is 1.15. The van der Waals surface area contributed by atoms with Crippen LogP contribution in [0.15, 0.2) is 24.3 Å². The highest BCUT2D eigenvalue weighted by Gasteiger charge is 2.27. The number of likely N-dealkylation sites (tertiary alicyclic amines) is 1. The number of aromatic nitrogens is 1. The SMILES string of the molecule is CC(C(=O)N(C)Cc1nc2ccccc2s1)N1CCC(O)CC1. The molecule has 1 aromatic heterocycles. The maximum atomic E-state index is 12.6. The maximum Gasteiger partial charge on any atom is 0.239 e. The Balaban J connectivity index is 1.62. The molecule has 0 saturated carbocycles. The van der Waals surface area contributed by atoms with Crippen LogP contribution in [0.3, 0.4) is 0 Å². The Morgan fingerprint density at radius 2 is 2.13 bits per heavy atom. The topological polar surface area (TPSA) is 56.7 Å². The van der Waals surface area contributed by atoms with Gasteiger partial charge in [-0.2, -0.15) is 0 Å². The number of piperidine rings is 1. The molecule has 1 amide bonds. The second kappa shape index (κ2) is 6.95. The van der Waals surface area contributed by atoms with E-state index >= 15 is 0 Å². The molecule has 1 aliphatic rings. The standard InChI is InChI=1S/C17H23N3O2S/c1-12(20-9-7-13(21)8-10-20)17(22)19(2)11-16-18-14-5-3-4-6-15(14)23-16/h3-6,12-13,21H,7-11H2,1-2H3. The number of carbonyl (C=O) groups is 1. The molecule has 1 aromatic carbocycles. The molecule has 5 nitrogen and oxygen atoms in total. The Labute approximate surface area is 140 Å². The number of aliphatic hydroxyl groups is 1.